The van der Waals surface area contributed by atoms with Crippen LogP contribution in [0.3, 0.4) is 0 Å². The molecule has 6 heteroatoms. The van der Waals surface area contributed by atoms with E-state index in [1.54, 1.807) is 12.1 Å². The Morgan fingerprint density at radius 2 is 2.00 bits per heavy atom. The molecule has 0 radical (unpaired) electrons. The van der Waals surface area contributed by atoms with E-state index in [0.717, 1.165) is 36.1 Å². The molecule has 1 aliphatic rings. The molecule has 0 fully saturated rings. The van der Waals surface area contributed by atoms with Gasteiger partial charge in [0.1, 0.15) is 11.0 Å². The smallest absolute Gasteiger partial charge is 0.258 e. The molecule has 0 saturated heterocycles. The van der Waals surface area contributed by atoms with Gasteiger partial charge in [-0.2, -0.15) is 4.40 Å². The number of hydrogen-bond acceptors (Lipinski definition) is 3. The molecule has 0 aromatic heterocycles. The molecule has 108 valence electrons. The average Bonchev–Trinajstić information content (AvgIpc) is 2.37. The predicted molar refractivity (Wildman–Crippen MR) is 80.5 cm³/mol. The molecular weight excluding hydrogens is 276 g/mol. The number of rotatable bonds is 2. The molecule has 1 aromatic carbocycles. The third-order valence-electron chi connectivity index (χ3n) is 3.19. The number of nitrogens with zero attached hydrogens (tertiary/aromatic N) is 2. The van der Waals surface area contributed by atoms with Crippen molar-refractivity contribution in [2.75, 3.05) is 0 Å². The van der Waals surface area contributed by atoms with Gasteiger partial charge in [0.05, 0.1) is 15.4 Å². The second-order valence-electron chi connectivity index (χ2n) is 5.85. The summed E-state index contributed by atoms with van der Waals surface area (Å²) in [5.41, 5.74) is 2.61. The topological polar surface area (TPSA) is 72.6 Å². The van der Waals surface area contributed by atoms with Crippen LogP contribution in [0.5, 0.6) is 0 Å². The van der Waals surface area contributed by atoms with Crippen molar-refractivity contribution in [2.45, 2.75) is 44.8 Å². The Hall–Kier alpha value is -1.56. The summed E-state index contributed by atoms with van der Waals surface area (Å²) in [5.74, 6) is 0. The summed E-state index contributed by atoms with van der Waals surface area (Å²) in [5, 5.41) is 10.9. The predicted octanol–water partition coefficient (Wildman–Crippen LogP) is 3.18. The van der Waals surface area contributed by atoms with E-state index in [1.165, 1.54) is 6.07 Å². The lowest BCUT2D eigenvalue weighted by Crippen LogP contribution is -2.22. The Bertz CT molecular complexity index is 603. The van der Waals surface area contributed by atoms with E-state index < -0.39 is 20.7 Å². The van der Waals surface area contributed by atoms with Crippen LogP contribution >= 0.6 is 0 Å². The summed E-state index contributed by atoms with van der Waals surface area (Å²) >= 11 is 0. The first-order chi connectivity index (χ1) is 9.29. The summed E-state index contributed by atoms with van der Waals surface area (Å²) in [6.07, 6.45) is 2.54. The van der Waals surface area contributed by atoms with Crippen molar-refractivity contribution in [1.29, 1.82) is 0 Å². The van der Waals surface area contributed by atoms with Crippen molar-refractivity contribution in [3.05, 3.63) is 39.4 Å². The highest BCUT2D eigenvalue weighted by atomic mass is 32.2. The van der Waals surface area contributed by atoms with Gasteiger partial charge < -0.3 is 0 Å². The minimum absolute atomic E-state index is 0.0555. The van der Waals surface area contributed by atoms with Crippen LogP contribution in [0.2, 0.25) is 0 Å². The van der Waals surface area contributed by atoms with Crippen LogP contribution < -0.4 is 0 Å². The summed E-state index contributed by atoms with van der Waals surface area (Å²) in [4.78, 5) is 10.5. The second-order valence-corrected chi connectivity index (χ2v) is 7.76. The van der Waals surface area contributed by atoms with E-state index in [1.807, 2.05) is 20.8 Å². The maximum absolute atomic E-state index is 12.2. The zero-order valence-corrected chi connectivity index (χ0v) is 12.7. The van der Waals surface area contributed by atoms with Gasteiger partial charge in [-0.25, -0.2) is 4.21 Å². The summed E-state index contributed by atoms with van der Waals surface area (Å²) < 4.78 is 16.0. The highest BCUT2D eigenvalue weighted by Gasteiger charge is 2.23. The fourth-order valence-electron chi connectivity index (χ4n) is 2.08. The van der Waals surface area contributed by atoms with Gasteiger partial charge in [0, 0.05) is 17.7 Å². The van der Waals surface area contributed by atoms with Crippen LogP contribution in [-0.2, 0) is 17.4 Å². The van der Waals surface area contributed by atoms with Gasteiger partial charge >= 0.3 is 0 Å². The molecule has 1 atom stereocenters. The standard InChI is InChI=1S/C14H18N2O3S/c1-14(2,3)20(19)15-13-6-4-5-10-7-8-11(16(17)18)9-12(10)13/h7-9H,4-6H2,1-3H3/t20-/m1/s1. The largest absolute Gasteiger partial charge is 0.270 e. The van der Waals surface area contributed by atoms with Crippen molar-refractivity contribution in [3.8, 4) is 0 Å². The first-order valence-electron chi connectivity index (χ1n) is 6.56. The molecule has 0 spiro atoms. The number of benzene rings is 1. The van der Waals surface area contributed by atoms with Crippen LogP contribution in [0.25, 0.3) is 0 Å². The number of hydrogen-bond donors (Lipinski definition) is 0. The van der Waals surface area contributed by atoms with Crippen molar-refractivity contribution in [1.82, 2.24) is 0 Å². The molecule has 0 saturated carbocycles. The summed E-state index contributed by atoms with van der Waals surface area (Å²) in [6, 6.07) is 4.85. The van der Waals surface area contributed by atoms with E-state index in [-0.39, 0.29) is 5.69 Å². The molecule has 0 amide bonds. The fraction of sp³-hybridized carbons (Fsp3) is 0.500. The highest BCUT2D eigenvalue weighted by Crippen LogP contribution is 2.27. The van der Waals surface area contributed by atoms with Gasteiger partial charge in [-0.1, -0.05) is 6.07 Å². The average molecular weight is 294 g/mol. The van der Waals surface area contributed by atoms with Gasteiger partial charge in [-0.3, -0.25) is 10.1 Å². The lowest BCUT2D eigenvalue weighted by atomic mass is 9.90. The molecule has 0 aliphatic heterocycles. The quantitative estimate of drug-likeness (QED) is 0.621. The maximum Gasteiger partial charge on any atom is 0.270 e. The molecule has 1 aromatic rings. The number of nitro groups is 1. The van der Waals surface area contributed by atoms with Gasteiger partial charge in [0.25, 0.3) is 5.69 Å². The molecule has 2 rings (SSSR count). The van der Waals surface area contributed by atoms with Crippen molar-refractivity contribution >= 4 is 22.4 Å². The van der Waals surface area contributed by atoms with Crippen LogP contribution in [0.1, 0.15) is 44.7 Å². The van der Waals surface area contributed by atoms with Crippen molar-refractivity contribution in [2.24, 2.45) is 4.40 Å². The first kappa shape index (κ1) is 14.8. The molecule has 5 nitrogen and oxygen atoms in total. The molecule has 20 heavy (non-hydrogen) atoms. The van der Waals surface area contributed by atoms with Crippen molar-refractivity contribution in [3.63, 3.8) is 0 Å². The third-order valence-corrected chi connectivity index (χ3v) is 4.63. The molecule has 0 unspecified atom stereocenters. The van der Waals surface area contributed by atoms with E-state index in [9.17, 15) is 14.3 Å². The van der Waals surface area contributed by atoms with Gasteiger partial charge in [-0.05, 0) is 45.6 Å². The SMILES string of the molecule is CC(C)(C)[S@@](=O)N=C1CCCc2ccc([N+](=O)[O-])cc21. The summed E-state index contributed by atoms with van der Waals surface area (Å²) in [6.45, 7) is 5.60. The maximum atomic E-state index is 12.2. The monoisotopic (exact) mass is 294 g/mol. The zero-order valence-electron chi connectivity index (χ0n) is 11.9. The normalized spacial score (nSPS) is 18.6. The van der Waals surface area contributed by atoms with Crippen LogP contribution in [0.4, 0.5) is 5.69 Å². The Morgan fingerprint density at radius 1 is 1.30 bits per heavy atom. The van der Waals surface area contributed by atoms with Gasteiger partial charge in [0.15, 0.2) is 0 Å². The van der Waals surface area contributed by atoms with Crippen LogP contribution in [0, 0.1) is 10.1 Å². The fourth-order valence-corrected chi connectivity index (χ4v) is 2.74. The van der Waals surface area contributed by atoms with Gasteiger partial charge in [-0.15, -0.1) is 0 Å². The van der Waals surface area contributed by atoms with Crippen LogP contribution in [-0.4, -0.2) is 19.6 Å². The molecule has 0 bridgehead atoms. The highest BCUT2D eigenvalue weighted by molar-refractivity contribution is 7.85. The van der Waals surface area contributed by atoms with Crippen LogP contribution in [0.15, 0.2) is 22.6 Å². The second kappa shape index (κ2) is 5.44. The van der Waals surface area contributed by atoms with E-state index in [0.29, 0.717) is 0 Å². The third kappa shape index (κ3) is 3.12. The Kier molecular flexibility index (Phi) is 4.04. The van der Waals surface area contributed by atoms with Crippen molar-refractivity contribution < 1.29 is 9.13 Å². The van der Waals surface area contributed by atoms with E-state index in [2.05, 4.69) is 4.40 Å². The number of fused-ring (bicyclic) bond motifs is 1. The minimum Gasteiger partial charge on any atom is -0.258 e. The number of non-ortho nitro benzene ring substituents is 1. The first-order valence-corrected chi connectivity index (χ1v) is 7.67. The zero-order chi connectivity index (χ0) is 14.9. The number of aryl methyl sites for hydroxylation is 1. The molecule has 1 aliphatic carbocycles. The lowest BCUT2D eigenvalue weighted by Gasteiger charge is -2.20. The molecular formula is C14H18N2O3S. The lowest BCUT2D eigenvalue weighted by molar-refractivity contribution is -0.384. The molecule has 0 N–H and O–H groups in total. The van der Waals surface area contributed by atoms with E-state index in [4.69, 9.17) is 0 Å². The minimum atomic E-state index is -1.34. The molecule has 0 heterocycles. The summed E-state index contributed by atoms with van der Waals surface area (Å²) in [7, 11) is -1.34. The Morgan fingerprint density at radius 3 is 2.60 bits per heavy atom. The Balaban J connectivity index is 2.46. The Labute approximate surface area is 120 Å². The number of nitro benzene ring substituents is 1. The van der Waals surface area contributed by atoms with E-state index >= 15 is 0 Å². The van der Waals surface area contributed by atoms with Gasteiger partial charge in [0.2, 0.25) is 0 Å².